The monoisotopic (exact) mass is 649 g/mol. The highest BCUT2D eigenvalue weighted by molar-refractivity contribution is 7.85. The van der Waals surface area contributed by atoms with Gasteiger partial charge in [0.05, 0.1) is 11.2 Å². The van der Waals surface area contributed by atoms with Crippen LogP contribution in [0, 0.1) is 62.1 Å². The van der Waals surface area contributed by atoms with Gasteiger partial charge in [-0.05, 0) is 122 Å². The normalized spacial score (nSPS) is 45.5. The molecule has 2 N–H and O–H groups in total. The predicted molar refractivity (Wildman–Crippen MR) is 178 cm³/mol. The molecule has 0 aromatic carbocycles. The number of nitrogens with one attached hydrogen (secondary N) is 1. The van der Waals surface area contributed by atoms with E-state index in [0.29, 0.717) is 30.1 Å². The highest BCUT2D eigenvalue weighted by Gasteiger charge is 2.73. The van der Waals surface area contributed by atoms with Gasteiger partial charge in [-0.3, -0.25) is 14.1 Å². The van der Waals surface area contributed by atoms with Gasteiger partial charge in [0.25, 0.3) is 10.1 Å². The fourth-order valence-corrected chi connectivity index (χ4v) is 13.5. The summed E-state index contributed by atoms with van der Waals surface area (Å²) in [6.45, 7) is 21.5. The molecule has 5 fully saturated rings. The Labute approximate surface area is 273 Å². The average molecular weight is 650 g/mol. The van der Waals surface area contributed by atoms with Gasteiger partial charge in [0.15, 0.2) is 0 Å². The summed E-state index contributed by atoms with van der Waals surface area (Å²) in [5, 5.41) is 2.99. The third-order valence-electron chi connectivity index (χ3n) is 15.9. The van der Waals surface area contributed by atoms with Crippen molar-refractivity contribution in [2.75, 3.05) is 12.3 Å². The zero-order valence-corrected chi connectivity index (χ0v) is 30.6. The Morgan fingerprint density at radius 1 is 0.867 bits per heavy atom. The molecule has 5 saturated carbocycles. The standard InChI is InChI=1S/C37H63NO6S/c1-10-11-29(39)44-28-15-16-34(7)26(32(28,4)5)14-17-36(9)27(34)13-12-25-30-33(6,24(2)3)18-20-37(30,21-19-35(25,36)8)31(40)38-22-23-45(41,42)43/h24-28,30H,10-23H2,1-9H3,(H,38,40)(H,41,42,43)/t25?,26?,27?,28-,30?,33?,34+,35-,36-,37+/m1/s1. The largest absolute Gasteiger partial charge is 0.462 e. The molecule has 258 valence electrons. The maximum Gasteiger partial charge on any atom is 0.306 e. The van der Waals surface area contributed by atoms with Crippen molar-refractivity contribution < 1.29 is 27.3 Å². The van der Waals surface area contributed by atoms with Crippen molar-refractivity contribution in [3.8, 4) is 0 Å². The lowest BCUT2D eigenvalue weighted by Gasteiger charge is -2.73. The summed E-state index contributed by atoms with van der Waals surface area (Å²) in [7, 11) is -4.14. The van der Waals surface area contributed by atoms with Crippen molar-refractivity contribution in [3.63, 3.8) is 0 Å². The lowest BCUT2D eigenvalue weighted by molar-refractivity contribution is -0.254. The van der Waals surface area contributed by atoms with Gasteiger partial charge in [0, 0.05) is 18.4 Å². The summed E-state index contributed by atoms with van der Waals surface area (Å²) in [5.41, 5.74) is -0.108. The van der Waals surface area contributed by atoms with Gasteiger partial charge in [-0.15, -0.1) is 0 Å². The Morgan fingerprint density at radius 2 is 1.53 bits per heavy atom. The van der Waals surface area contributed by atoms with Crippen molar-refractivity contribution in [2.45, 2.75) is 145 Å². The van der Waals surface area contributed by atoms with Crippen LogP contribution in [-0.2, 0) is 24.4 Å². The van der Waals surface area contributed by atoms with Crippen molar-refractivity contribution in [1.82, 2.24) is 5.32 Å². The van der Waals surface area contributed by atoms with E-state index in [9.17, 15) is 22.6 Å². The van der Waals surface area contributed by atoms with Crippen LogP contribution in [0.4, 0.5) is 0 Å². The minimum absolute atomic E-state index is 0.00298. The molecule has 5 aliphatic carbocycles. The molecule has 1 amide bonds. The maximum absolute atomic E-state index is 14.2. The highest BCUT2D eigenvalue weighted by atomic mass is 32.2. The Kier molecular flexibility index (Phi) is 8.97. The molecule has 45 heavy (non-hydrogen) atoms. The van der Waals surface area contributed by atoms with Crippen LogP contribution in [0.1, 0.15) is 139 Å². The van der Waals surface area contributed by atoms with E-state index in [1.54, 1.807) is 0 Å². The van der Waals surface area contributed by atoms with E-state index in [2.05, 4.69) is 60.7 Å². The molecule has 0 aliphatic heterocycles. The van der Waals surface area contributed by atoms with Gasteiger partial charge < -0.3 is 10.1 Å². The lowest BCUT2D eigenvalue weighted by atomic mass is 9.31. The number of carbonyl (C=O) groups excluding carboxylic acids is 2. The highest BCUT2D eigenvalue weighted by Crippen LogP contribution is 2.79. The summed E-state index contributed by atoms with van der Waals surface area (Å²) >= 11 is 0. The summed E-state index contributed by atoms with van der Waals surface area (Å²) in [4.78, 5) is 26.8. The summed E-state index contributed by atoms with van der Waals surface area (Å²) in [5.74, 6) is 1.68. The predicted octanol–water partition coefficient (Wildman–Crippen LogP) is 7.83. The molecule has 5 rings (SSSR count). The van der Waals surface area contributed by atoms with Crippen LogP contribution in [0.2, 0.25) is 0 Å². The second kappa shape index (κ2) is 11.5. The van der Waals surface area contributed by atoms with Gasteiger partial charge in [-0.2, -0.15) is 8.42 Å². The lowest BCUT2D eigenvalue weighted by Crippen LogP contribution is -2.68. The number of rotatable bonds is 8. The fourth-order valence-electron chi connectivity index (χ4n) is 13.1. The van der Waals surface area contributed by atoms with Crippen LogP contribution in [0.25, 0.3) is 0 Å². The van der Waals surface area contributed by atoms with E-state index in [1.807, 2.05) is 6.92 Å². The number of esters is 1. The molecule has 0 bridgehead atoms. The van der Waals surface area contributed by atoms with E-state index in [-0.39, 0.29) is 57.5 Å². The first-order chi connectivity index (χ1) is 20.7. The molecule has 8 heteroatoms. The molecular formula is C37H63NO6S. The van der Waals surface area contributed by atoms with E-state index < -0.39 is 21.3 Å². The fraction of sp³-hybridized carbons (Fsp3) is 0.946. The number of hydrogen-bond donors (Lipinski definition) is 2. The average Bonchev–Trinajstić information content (AvgIpc) is 3.25. The van der Waals surface area contributed by atoms with Crippen molar-refractivity contribution in [1.29, 1.82) is 0 Å². The molecule has 0 aromatic rings. The first-order valence-corrected chi connectivity index (χ1v) is 19.8. The van der Waals surface area contributed by atoms with E-state index in [1.165, 1.54) is 12.8 Å². The van der Waals surface area contributed by atoms with E-state index in [0.717, 1.165) is 57.8 Å². The zero-order valence-electron chi connectivity index (χ0n) is 29.8. The maximum atomic E-state index is 14.2. The molecule has 0 spiro atoms. The number of carbonyl (C=O) groups is 2. The van der Waals surface area contributed by atoms with E-state index in [4.69, 9.17) is 4.74 Å². The quantitative estimate of drug-likeness (QED) is 0.205. The third-order valence-corrected chi connectivity index (χ3v) is 16.6. The van der Waals surface area contributed by atoms with Gasteiger partial charge >= 0.3 is 5.97 Å². The smallest absolute Gasteiger partial charge is 0.306 e. The molecule has 0 aromatic heterocycles. The minimum atomic E-state index is -4.14. The third kappa shape index (κ3) is 5.24. The molecule has 7 nitrogen and oxygen atoms in total. The molecule has 5 aliphatic rings. The van der Waals surface area contributed by atoms with Gasteiger partial charge in [0.2, 0.25) is 5.91 Å². The number of fused-ring (bicyclic) bond motifs is 7. The van der Waals surface area contributed by atoms with E-state index >= 15 is 0 Å². The molecule has 10 atom stereocenters. The summed E-state index contributed by atoms with van der Waals surface area (Å²) in [6, 6.07) is 0. The number of amides is 1. The van der Waals surface area contributed by atoms with Crippen LogP contribution in [0.3, 0.4) is 0 Å². The second-order valence-electron chi connectivity index (χ2n) is 18.1. The SMILES string of the molecule is CCCC(=O)O[C@@H]1CC[C@@]2(C)C(CC[C@]3(C)C2CCC2C4C(C)(C(C)C)CC[C@]4(C(=O)NCCS(=O)(=O)O)CC[C@]23C)C1(C)C. The molecule has 0 heterocycles. The minimum Gasteiger partial charge on any atom is -0.462 e. The van der Waals surface area contributed by atoms with Crippen LogP contribution in [0.5, 0.6) is 0 Å². The number of hydrogen-bond acceptors (Lipinski definition) is 5. The van der Waals surface area contributed by atoms with Crippen LogP contribution in [0.15, 0.2) is 0 Å². The van der Waals surface area contributed by atoms with Crippen LogP contribution < -0.4 is 5.32 Å². The second-order valence-corrected chi connectivity index (χ2v) is 19.7. The molecule has 5 unspecified atom stereocenters. The Hall–Kier alpha value is -1.15. The molecule has 0 saturated heterocycles. The van der Waals surface area contributed by atoms with Crippen molar-refractivity contribution >= 4 is 22.0 Å². The van der Waals surface area contributed by atoms with Gasteiger partial charge in [-0.1, -0.05) is 62.3 Å². The van der Waals surface area contributed by atoms with Crippen molar-refractivity contribution in [3.05, 3.63) is 0 Å². The van der Waals surface area contributed by atoms with Crippen LogP contribution >= 0.6 is 0 Å². The first-order valence-electron chi connectivity index (χ1n) is 18.2. The van der Waals surface area contributed by atoms with Crippen LogP contribution in [-0.4, -0.2) is 43.2 Å². The molecular weight excluding hydrogens is 586 g/mol. The zero-order chi connectivity index (χ0) is 33.4. The Bertz CT molecular complexity index is 1280. The summed E-state index contributed by atoms with van der Waals surface area (Å²) in [6.07, 6.45) is 11.7. The topological polar surface area (TPSA) is 110 Å². The number of ether oxygens (including phenoxy) is 1. The van der Waals surface area contributed by atoms with Crippen molar-refractivity contribution in [2.24, 2.45) is 62.1 Å². The molecule has 0 radical (unpaired) electrons. The van der Waals surface area contributed by atoms with Gasteiger partial charge in [-0.25, -0.2) is 0 Å². The van der Waals surface area contributed by atoms with Gasteiger partial charge in [0.1, 0.15) is 6.10 Å². The Balaban J connectivity index is 1.47. The summed E-state index contributed by atoms with van der Waals surface area (Å²) < 4.78 is 38.4. The first kappa shape index (κ1) is 35.2. The Morgan fingerprint density at radius 3 is 2.16 bits per heavy atom.